The summed E-state index contributed by atoms with van der Waals surface area (Å²) in [5, 5.41) is 16.6. The van der Waals surface area contributed by atoms with Crippen LogP contribution in [0.2, 0.25) is 0 Å². The van der Waals surface area contributed by atoms with E-state index in [-0.39, 0.29) is 12.6 Å². The molecule has 0 bridgehead atoms. The zero-order valence-corrected chi connectivity index (χ0v) is 14.0. The smallest absolute Gasteiger partial charge is 0.317 e. The molecule has 1 aromatic rings. The number of benzene rings is 1. The first-order chi connectivity index (χ1) is 12.1. The average Bonchev–Trinajstić information content (AvgIpc) is 3.06. The lowest BCUT2D eigenvalue weighted by Gasteiger charge is -2.34. The Morgan fingerprint density at radius 3 is 2.60 bits per heavy atom. The predicted molar refractivity (Wildman–Crippen MR) is 94.8 cm³/mol. The molecule has 134 valence electrons. The number of hydrogen-bond donors (Lipinski definition) is 2. The van der Waals surface area contributed by atoms with Crippen molar-refractivity contribution in [2.75, 3.05) is 39.3 Å². The molecule has 25 heavy (non-hydrogen) atoms. The van der Waals surface area contributed by atoms with Crippen LogP contribution in [0.4, 0.5) is 0 Å². The van der Waals surface area contributed by atoms with Gasteiger partial charge in [0.1, 0.15) is 6.10 Å². The van der Waals surface area contributed by atoms with Gasteiger partial charge in [-0.05, 0) is 11.1 Å². The quantitative estimate of drug-likeness (QED) is 0.433. The molecule has 2 aliphatic rings. The maximum Gasteiger partial charge on any atom is 0.317 e. The average molecular weight is 345 g/mol. The van der Waals surface area contributed by atoms with Gasteiger partial charge in [0.25, 0.3) is 0 Å². The van der Waals surface area contributed by atoms with Crippen LogP contribution < -0.4 is 5.84 Å². The summed E-state index contributed by atoms with van der Waals surface area (Å²) in [6.07, 6.45) is 2.43. The SMILES string of the molecule is NN=Cc1ccc(C2=NOC(CN3CCN(CC(=O)O)CC3)C2)cc1. The molecule has 2 heterocycles. The minimum absolute atomic E-state index is 0.0475. The fourth-order valence-corrected chi connectivity index (χ4v) is 3.15. The number of hydrogen-bond acceptors (Lipinski definition) is 7. The summed E-state index contributed by atoms with van der Waals surface area (Å²) < 4.78 is 0. The molecule has 3 rings (SSSR count). The Bertz CT molecular complexity index is 651. The van der Waals surface area contributed by atoms with E-state index in [1.807, 2.05) is 29.2 Å². The zero-order chi connectivity index (χ0) is 17.6. The van der Waals surface area contributed by atoms with Gasteiger partial charge in [0.05, 0.1) is 18.5 Å². The van der Waals surface area contributed by atoms with Crippen LogP contribution in [0.25, 0.3) is 0 Å². The monoisotopic (exact) mass is 345 g/mol. The molecule has 1 atom stereocenters. The van der Waals surface area contributed by atoms with Gasteiger partial charge >= 0.3 is 5.97 Å². The first kappa shape index (κ1) is 17.4. The van der Waals surface area contributed by atoms with Crippen molar-refractivity contribution in [2.45, 2.75) is 12.5 Å². The minimum Gasteiger partial charge on any atom is -0.480 e. The summed E-state index contributed by atoms with van der Waals surface area (Å²) in [6.45, 7) is 4.19. The van der Waals surface area contributed by atoms with Crippen LogP contribution in [0.3, 0.4) is 0 Å². The molecule has 1 fully saturated rings. The van der Waals surface area contributed by atoms with Gasteiger partial charge in [-0.15, -0.1) is 0 Å². The van der Waals surface area contributed by atoms with Crippen molar-refractivity contribution in [3.8, 4) is 0 Å². The molecular weight excluding hydrogens is 322 g/mol. The highest BCUT2D eigenvalue weighted by Gasteiger charge is 2.26. The van der Waals surface area contributed by atoms with E-state index < -0.39 is 5.97 Å². The Hall–Kier alpha value is -2.45. The Kier molecular flexibility index (Phi) is 5.62. The number of aliphatic carboxylic acids is 1. The standard InChI is InChI=1S/C17H23N5O3/c18-19-10-13-1-3-14(4-2-13)16-9-15(25-20-16)11-21-5-7-22(8-6-21)12-17(23)24/h1-4,10,15H,5-9,11-12,18H2,(H,23,24). The Morgan fingerprint density at radius 2 is 1.96 bits per heavy atom. The predicted octanol–water partition coefficient (Wildman–Crippen LogP) is 0.174. The van der Waals surface area contributed by atoms with Gasteiger partial charge in [-0.2, -0.15) is 5.10 Å². The summed E-state index contributed by atoms with van der Waals surface area (Å²) >= 11 is 0. The number of nitrogens with zero attached hydrogens (tertiary/aromatic N) is 4. The number of carbonyl (C=O) groups is 1. The second kappa shape index (κ2) is 8.09. The maximum atomic E-state index is 10.8. The second-order valence-corrected chi connectivity index (χ2v) is 6.34. The molecule has 1 saturated heterocycles. The van der Waals surface area contributed by atoms with Gasteiger partial charge in [0.2, 0.25) is 0 Å². The maximum absolute atomic E-state index is 10.8. The molecule has 0 amide bonds. The van der Waals surface area contributed by atoms with Crippen LogP contribution in [0.15, 0.2) is 34.5 Å². The van der Waals surface area contributed by atoms with Crippen molar-refractivity contribution in [2.24, 2.45) is 16.1 Å². The van der Waals surface area contributed by atoms with Crippen molar-refractivity contribution in [1.82, 2.24) is 9.80 Å². The molecule has 2 aliphatic heterocycles. The number of piperazine rings is 1. The lowest BCUT2D eigenvalue weighted by Crippen LogP contribution is -2.49. The molecule has 0 saturated carbocycles. The van der Waals surface area contributed by atoms with E-state index in [1.165, 1.54) is 0 Å². The Labute approximate surface area is 146 Å². The van der Waals surface area contributed by atoms with Crippen molar-refractivity contribution < 1.29 is 14.7 Å². The number of oxime groups is 1. The van der Waals surface area contributed by atoms with Gasteiger partial charge in [-0.1, -0.05) is 29.4 Å². The zero-order valence-electron chi connectivity index (χ0n) is 14.0. The van der Waals surface area contributed by atoms with Crippen molar-refractivity contribution in [1.29, 1.82) is 0 Å². The fourth-order valence-electron chi connectivity index (χ4n) is 3.15. The van der Waals surface area contributed by atoms with Crippen LogP contribution in [-0.2, 0) is 9.63 Å². The number of carboxylic acid groups (broad SMARTS) is 1. The number of hydrazone groups is 1. The third-order valence-corrected chi connectivity index (χ3v) is 4.49. The third kappa shape index (κ3) is 4.77. The third-order valence-electron chi connectivity index (χ3n) is 4.49. The molecule has 8 nitrogen and oxygen atoms in total. The first-order valence-corrected chi connectivity index (χ1v) is 8.37. The van der Waals surface area contributed by atoms with E-state index in [9.17, 15) is 4.79 Å². The number of nitrogens with two attached hydrogens (primary N) is 1. The van der Waals surface area contributed by atoms with E-state index >= 15 is 0 Å². The van der Waals surface area contributed by atoms with Crippen LogP contribution in [0.1, 0.15) is 17.5 Å². The number of carboxylic acids is 1. The van der Waals surface area contributed by atoms with Crippen LogP contribution >= 0.6 is 0 Å². The summed E-state index contributed by atoms with van der Waals surface area (Å²) in [5.74, 6) is 4.38. The van der Waals surface area contributed by atoms with Gasteiger partial charge in [0.15, 0.2) is 0 Å². The van der Waals surface area contributed by atoms with Crippen LogP contribution in [0, 0.1) is 0 Å². The summed E-state index contributed by atoms with van der Waals surface area (Å²) in [7, 11) is 0. The minimum atomic E-state index is -0.769. The molecule has 1 aromatic carbocycles. The second-order valence-electron chi connectivity index (χ2n) is 6.34. The Balaban J connectivity index is 1.46. The lowest BCUT2D eigenvalue weighted by atomic mass is 10.0. The molecule has 8 heteroatoms. The molecule has 0 spiro atoms. The van der Waals surface area contributed by atoms with Crippen LogP contribution in [0.5, 0.6) is 0 Å². The summed E-state index contributed by atoms with van der Waals surface area (Å²) in [5.41, 5.74) is 2.94. The molecule has 0 aromatic heterocycles. The lowest BCUT2D eigenvalue weighted by molar-refractivity contribution is -0.138. The molecule has 0 aliphatic carbocycles. The molecule has 0 radical (unpaired) electrons. The van der Waals surface area contributed by atoms with Crippen molar-refractivity contribution >= 4 is 17.9 Å². The highest BCUT2D eigenvalue weighted by molar-refractivity contribution is 6.01. The topological polar surface area (TPSA) is 104 Å². The fraction of sp³-hybridized carbons (Fsp3) is 0.471. The van der Waals surface area contributed by atoms with Gasteiger partial charge in [-0.25, -0.2) is 0 Å². The molecular formula is C17H23N5O3. The highest BCUT2D eigenvalue weighted by atomic mass is 16.6. The normalized spacial score (nSPS) is 22.1. The molecule has 3 N–H and O–H groups in total. The first-order valence-electron chi connectivity index (χ1n) is 8.37. The van der Waals surface area contributed by atoms with Gasteiger partial charge in [0, 0.05) is 39.1 Å². The largest absolute Gasteiger partial charge is 0.480 e. The van der Waals surface area contributed by atoms with E-state index in [0.717, 1.165) is 56.0 Å². The van der Waals surface area contributed by atoms with Gasteiger partial charge < -0.3 is 15.8 Å². The van der Waals surface area contributed by atoms with Crippen LogP contribution in [-0.4, -0.2) is 78.2 Å². The molecule has 1 unspecified atom stereocenters. The van der Waals surface area contributed by atoms with E-state index in [2.05, 4.69) is 15.2 Å². The van der Waals surface area contributed by atoms with Crippen molar-refractivity contribution in [3.63, 3.8) is 0 Å². The summed E-state index contributed by atoms with van der Waals surface area (Å²) in [6, 6.07) is 7.88. The van der Waals surface area contributed by atoms with Gasteiger partial charge in [-0.3, -0.25) is 14.6 Å². The summed E-state index contributed by atoms with van der Waals surface area (Å²) in [4.78, 5) is 20.6. The van der Waals surface area contributed by atoms with E-state index in [0.29, 0.717) is 0 Å². The van der Waals surface area contributed by atoms with Crippen molar-refractivity contribution in [3.05, 3.63) is 35.4 Å². The number of rotatable bonds is 6. The van der Waals surface area contributed by atoms with E-state index in [4.69, 9.17) is 15.8 Å². The van der Waals surface area contributed by atoms with E-state index in [1.54, 1.807) is 6.21 Å². The highest BCUT2D eigenvalue weighted by Crippen LogP contribution is 2.18. The Morgan fingerprint density at radius 1 is 1.28 bits per heavy atom.